The largest absolute Gasteiger partial charge is 0.361 e. The third-order valence-corrected chi connectivity index (χ3v) is 8.27. The topological polar surface area (TPSA) is 56.5 Å². The molecule has 3 heterocycles. The summed E-state index contributed by atoms with van der Waals surface area (Å²) in [5.74, 6) is 0. The number of aromatic amines is 2. The van der Waals surface area contributed by atoms with Crippen molar-refractivity contribution in [2.75, 3.05) is 7.05 Å². The molecule has 0 amide bonds. The van der Waals surface area contributed by atoms with Gasteiger partial charge in [0.1, 0.15) is 5.01 Å². The van der Waals surface area contributed by atoms with E-state index in [4.69, 9.17) is 4.98 Å². The van der Waals surface area contributed by atoms with Gasteiger partial charge >= 0.3 is 0 Å². The zero-order valence-electron chi connectivity index (χ0n) is 20.3. The Morgan fingerprint density at radius 3 is 2.32 bits per heavy atom. The number of thiazole rings is 1. The van der Waals surface area contributed by atoms with E-state index in [0.29, 0.717) is 0 Å². The van der Waals surface area contributed by atoms with Crippen molar-refractivity contribution < 1.29 is 0 Å². The molecule has 1 unspecified atom stereocenters. The number of H-pyrrole nitrogens is 2. The second-order valence-electron chi connectivity index (χ2n) is 9.25. The fraction of sp³-hybridized carbons (Fsp3) is 0.276. The van der Waals surface area contributed by atoms with Crippen LogP contribution in [0.25, 0.3) is 27.4 Å². The number of benzene rings is 2. The molecular weight excluding hydrogens is 436 g/mol. The molecular formula is C29H32N4S. The fourth-order valence-corrected chi connectivity index (χ4v) is 6.04. The number of aryl methyl sites for hydroxylation is 3. The lowest BCUT2D eigenvalue weighted by molar-refractivity contribution is 0.330. The van der Waals surface area contributed by atoms with Crippen LogP contribution in [0.4, 0.5) is 0 Å². The number of nitrogens with zero attached hydrogens (tertiary/aromatic N) is 1. The van der Waals surface area contributed by atoms with Crippen molar-refractivity contribution in [3.05, 3.63) is 93.7 Å². The van der Waals surface area contributed by atoms with Gasteiger partial charge in [0.2, 0.25) is 0 Å². The molecule has 0 bridgehead atoms. The Morgan fingerprint density at radius 2 is 1.71 bits per heavy atom. The highest BCUT2D eigenvalue weighted by molar-refractivity contribution is 7.09. The molecule has 0 saturated carbocycles. The minimum atomic E-state index is -0.0116. The summed E-state index contributed by atoms with van der Waals surface area (Å²) < 4.78 is 0. The predicted octanol–water partition coefficient (Wildman–Crippen LogP) is 7.40. The monoisotopic (exact) mass is 468 g/mol. The van der Waals surface area contributed by atoms with Crippen LogP contribution in [0.5, 0.6) is 0 Å². The van der Waals surface area contributed by atoms with Gasteiger partial charge in [-0.15, -0.1) is 11.3 Å². The Hall–Kier alpha value is -3.15. The highest BCUT2D eigenvalue weighted by atomic mass is 32.1. The quantitative estimate of drug-likeness (QED) is 0.258. The Balaban J connectivity index is 0.000000200. The van der Waals surface area contributed by atoms with Crippen molar-refractivity contribution in [3.8, 4) is 0 Å². The maximum Gasteiger partial charge on any atom is 0.113 e. The second-order valence-corrected chi connectivity index (χ2v) is 10.1. The van der Waals surface area contributed by atoms with Gasteiger partial charge < -0.3 is 15.3 Å². The minimum absolute atomic E-state index is 0.0116. The third kappa shape index (κ3) is 4.10. The van der Waals surface area contributed by atoms with E-state index in [1.807, 2.05) is 12.3 Å². The van der Waals surface area contributed by atoms with Crippen molar-refractivity contribution in [2.45, 2.75) is 45.6 Å². The van der Waals surface area contributed by atoms with Crippen LogP contribution >= 0.6 is 11.3 Å². The summed E-state index contributed by atoms with van der Waals surface area (Å²) >= 11 is 1.77. The summed E-state index contributed by atoms with van der Waals surface area (Å²) in [4.78, 5) is 11.6. The number of allylic oxidation sites excluding steroid dienone is 1. The van der Waals surface area contributed by atoms with E-state index in [1.54, 1.807) is 11.3 Å². The molecule has 0 spiro atoms. The van der Waals surface area contributed by atoms with Gasteiger partial charge in [0.15, 0.2) is 0 Å². The van der Waals surface area contributed by atoms with E-state index in [0.717, 1.165) is 25.0 Å². The molecule has 3 aromatic heterocycles. The van der Waals surface area contributed by atoms with Gasteiger partial charge in [0.05, 0.1) is 5.54 Å². The molecule has 5 aromatic rings. The molecule has 1 atom stereocenters. The summed E-state index contributed by atoms with van der Waals surface area (Å²) in [7, 11) is 2.06. The molecule has 5 heteroatoms. The van der Waals surface area contributed by atoms with Crippen LogP contribution in [0, 0.1) is 20.8 Å². The molecule has 1 aliphatic rings. The molecule has 174 valence electrons. The van der Waals surface area contributed by atoms with Crippen molar-refractivity contribution >= 4 is 38.7 Å². The van der Waals surface area contributed by atoms with Crippen LogP contribution in [-0.2, 0) is 5.54 Å². The van der Waals surface area contributed by atoms with E-state index < -0.39 is 0 Å². The highest BCUT2D eigenvalue weighted by Crippen LogP contribution is 2.41. The number of aromatic nitrogens is 3. The smallest absolute Gasteiger partial charge is 0.113 e. The Bertz CT molecular complexity index is 1470. The molecule has 0 saturated heterocycles. The normalized spacial score (nSPS) is 18.1. The van der Waals surface area contributed by atoms with Crippen LogP contribution in [0.2, 0.25) is 0 Å². The molecule has 0 radical (unpaired) electrons. The Morgan fingerprint density at radius 1 is 0.971 bits per heavy atom. The standard InChI is InChI=1S/C20H23N3S.C9H9N/c1-13-12-24-19(22-13)20(21-3)10-8-15(9-11-20)18-14(2)16-6-4-5-7-17(16)23-18;1-7-6-10-9-5-3-2-4-8(7)9/h4-8,12,21,23H,9-11H2,1-3H3;2-6,10H,1H3. The van der Waals surface area contributed by atoms with Gasteiger partial charge in [-0.1, -0.05) is 42.5 Å². The number of fused-ring (bicyclic) bond motifs is 2. The number of hydrogen-bond acceptors (Lipinski definition) is 3. The summed E-state index contributed by atoms with van der Waals surface area (Å²) in [5, 5.41) is 9.57. The number of rotatable bonds is 3. The van der Waals surface area contributed by atoms with Crippen LogP contribution in [0.3, 0.4) is 0 Å². The van der Waals surface area contributed by atoms with Crippen LogP contribution in [0.15, 0.2) is 66.2 Å². The predicted molar refractivity (Wildman–Crippen MR) is 145 cm³/mol. The van der Waals surface area contributed by atoms with E-state index in [2.05, 4.69) is 97.0 Å². The number of hydrogen-bond donors (Lipinski definition) is 3. The van der Waals surface area contributed by atoms with E-state index in [1.165, 1.54) is 49.2 Å². The first kappa shape index (κ1) is 22.6. The lowest BCUT2D eigenvalue weighted by Gasteiger charge is -2.34. The molecule has 4 nitrogen and oxygen atoms in total. The highest BCUT2D eigenvalue weighted by Gasteiger charge is 2.35. The lowest BCUT2D eigenvalue weighted by Crippen LogP contribution is -2.41. The fourth-order valence-electron chi connectivity index (χ4n) is 5.00. The second kappa shape index (κ2) is 9.24. The average molecular weight is 469 g/mol. The summed E-state index contributed by atoms with van der Waals surface area (Å²) in [6.07, 6.45) is 7.56. The first-order valence-corrected chi connectivity index (χ1v) is 12.8. The van der Waals surface area contributed by atoms with Gasteiger partial charge in [0, 0.05) is 44.8 Å². The molecule has 0 aliphatic heterocycles. The van der Waals surface area contributed by atoms with Crippen LogP contribution in [0.1, 0.15) is 46.8 Å². The first-order valence-electron chi connectivity index (χ1n) is 11.9. The molecule has 34 heavy (non-hydrogen) atoms. The molecule has 6 rings (SSSR count). The van der Waals surface area contributed by atoms with Crippen molar-refractivity contribution in [1.82, 2.24) is 20.3 Å². The van der Waals surface area contributed by atoms with Gasteiger partial charge in [-0.25, -0.2) is 4.98 Å². The Labute approximate surface area is 205 Å². The van der Waals surface area contributed by atoms with Gasteiger partial charge in [0.25, 0.3) is 0 Å². The van der Waals surface area contributed by atoms with Crippen LogP contribution in [-0.4, -0.2) is 22.0 Å². The van der Waals surface area contributed by atoms with Gasteiger partial charge in [-0.3, -0.25) is 0 Å². The maximum atomic E-state index is 4.75. The first-order chi connectivity index (χ1) is 16.5. The average Bonchev–Trinajstić information content (AvgIpc) is 3.58. The van der Waals surface area contributed by atoms with Crippen molar-refractivity contribution in [2.24, 2.45) is 0 Å². The lowest BCUT2D eigenvalue weighted by atomic mass is 9.81. The zero-order chi connectivity index (χ0) is 23.7. The summed E-state index contributed by atoms with van der Waals surface area (Å²) in [6.45, 7) is 6.40. The summed E-state index contributed by atoms with van der Waals surface area (Å²) in [6, 6.07) is 16.9. The number of para-hydroxylation sites is 2. The van der Waals surface area contributed by atoms with Crippen molar-refractivity contribution in [3.63, 3.8) is 0 Å². The molecule has 3 N–H and O–H groups in total. The van der Waals surface area contributed by atoms with Gasteiger partial charge in [-0.2, -0.15) is 0 Å². The van der Waals surface area contributed by atoms with Crippen molar-refractivity contribution in [1.29, 1.82) is 0 Å². The Kier molecular flexibility index (Phi) is 6.15. The molecule has 0 fully saturated rings. The molecule has 2 aromatic carbocycles. The third-order valence-electron chi connectivity index (χ3n) is 7.11. The van der Waals surface area contributed by atoms with E-state index in [-0.39, 0.29) is 5.54 Å². The van der Waals surface area contributed by atoms with E-state index in [9.17, 15) is 0 Å². The molecule has 1 aliphatic carbocycles. The zero-order valence-corrected chi connectivity index (χ0v) is 21.1. The minimum Gasteiger partial charge on any atom is -0.361 e. The SMILES string of the molecule is CNC1(c2nc(C)cs2)CC=C(c2[nH]c3ccccc3c2C)CC1.Cc1c[nH]c2ccccc12. The summed E-state index contributed by atoms with van der Waals surface area (Å²) in [5.41, 5.74) is 8.97. The number of nitrogens with one attached hydrogen (secondary N) is 3. The van der Waals surface area contributed by atoms with Crippen LogP contribution < -0.4 is 5.32 Å². The van der Waals surface area contributed by atoms with Gasteiger partial charge in [-0.05, 0) is 75.9 Å². The van der Waals surface area contributed by atoms with E-state index >= 15 is 0 Å². The maximum absolute atomic E-state index is 4.75.